The average molecular weight is 455 g/mol. The molecule has 3 rings (SSSR count). The van der Waals surface area contributed by atoms with Crippen LogP contribution in [0.3, 0.4) is 0 Å². The largest absolute Gasteiger partial charge is 0.481 e. The Morgan fingerprint density at radius 1 is 1.06 bits per heavy atom. The van der Waals surface area contributed by atoms with E-state index in [2.05, 4.69) is 22.8 Å². The molecule has 33 heavy (non-hydrogen) atoms. The van der Waals surface area contributed by atoms with Crippen molar-refractivity contribution in [3.63, 3.8) is 0 Å². The number of hydrogen-bond acceptors (Lipinski definition) is 5. The maximum atomic E-state index is 12.9. The molecule has 2 aromatic carbocycles. The normalized spacial score (nSPS) is 15.0. The number of hydrogen-bond donors (Lipinski definition) is 3. The highest BCUT2D eigenvalue weighted by atomic mass is 16.5. The molecule has 1 unspecified atom stereocenters. The lowest BCUT2D eigenvalue weighted by Gasteiger charge is -2.32. The van der Waals surface area contributed by atoms with Crippen molar-refractivity contribution >= 4 is 18.0 Å². The molecule has 1 aliphatic rings. The number of carboxylic acid groups (broad SMARTS) is 1. The van der Waals surface area contributed by atoms with Crippen molar-refractivity contribution in [1.82, 2.24) is 10.6 Å². The third kappa shape index (κ3) is 5.34. The van der Waals surface area contributed by atoms with Crippen LogP contribution in [-0.2, 0) is 19.1 Å². The number of nitrogens with one attached hydrogen (secondary N) is 2. The molecule has 1 aliphatic carbocycles. The molecule has 0 saturated carbocycles. The molecular formula is C25H30N2O6. The number of rotatable bonds is 10. The van der Waals surface area contributed by atoms with E-state index in [-0.39, 0.29) is 32.0 Å². The summed E-state index contributed by atoms with van der Waals surface area (Å²) in [5.74, 6) is -1.65. The topological polar surface area (TPSA) is 114 Å². The molecule has 8 nitrogen and oxygen atoms in total. The number of carboxylic acids is 1. The molecule has 2 amide bonds. The Morgan fingerprint density at radius 2 is 1.64 bits per heavy atom. The van der Waals surface area contributed by atoms with E-state index < -0.39 is 29.6 Å². The minimum Gasteiger partial charge on any atom is -0.481 e. The lowest BCUT2D eigenvalue weighted by Crippen LogP contribution is -2.62. The summed E-state index contributed by atoms with van der Waals surface area (Å²) in [6.45, 7) is 3.36. The van der Waals surface area contributed by atoms with Crippen molar-refractivity contribution in [3.05, 3.63) is 59.7 Å². The number of methoxy groups -OCH3 is 1. The van der Waals surface area contributed by atoms with Crippen LogP contribution >= 0.6 is 0 Å². The first kappa shape index (κ1) is 24.3. The first-order valence-corrected chi connectivity index (χ1v) is 11.0. The predicted octanol–water partition coefficient (Wildman–Crippen LogP) is 3.30. The zero-order valence-electron chi connectivity index (χ0n) is 19.1. The second-order valence-corrected chi connectivity index (χ2v) is 8.29. The number of aliphatic carboxylic acids is 1. The minimum absolute atomic E-state index is 0.0840. The molecule has 2 atom stereocenters. The summed E-state index contributed by atoms with van der Waals surface area (Å²) in [5, 5.41) is 14.3. The first-order chi connectivity index (χ1) is 15.8. The fraction of sp³-hybridized carbons (Fsp3) is 0.400. The Kier molecular flexibility index (Phi) is 7.71. The van der Waals surface area contributed by atoms with Crippen molar-refractivity contribution in [2.24, 2.45) is 0 Å². The number of carbonyl (C=O) groups is 3. The van der Waals surface area contributed by atoms with Gasteiger partial charge in [0.05, 0.1) is 13.0 Å². The molecule has 0 fully saturated rings. The lowest BCUT2D eigenvalue weighted by atomic mass is 9.95. The molecule has 0 bridgehead atoms. The summed E-state index contributed by atoms with van der Waals surface area (Å²) in [4.78, 5) is 36.7. The van der Waals surface area contributed by atoms with E-state index in [4.69, 9.17) is 14.6 Å². The summed E-state index contributed by atoms with van der Waals surface area (Å²) < 4.78 is 10.8. The summed E-state index contributed by atoms with van der Waals surface area (Å²) in [6.07, 6.45) is -0.739. The third-order valence-corrected chi connectivity index (χ3v) is 5.97. The zero-order valence-corrected chi connectivity index (χ0v) is 19.1. The van der Waals surface area contributed by atoms with E-state index >= 15 is 0 Å². The number of benzene rings is 2. The molecule has 0 saturated heterocycles. The number of carbonyl (C=O) groups excluding carboxylic acids is 2. The molecule has 0 radical (unpaired) electrons. The molecule has 0 heterocycles. The smallest absolute Gasteiger partial charge is 0.408 e. The van der Waals surface area contributed by atoms with Crippen molar-refractivity contribution in [1.29, 1.82) is 0 Å². The van der Waals surface area contributed by atoms with E-state index in [9.17, 15) is 14.4 Å². The molecule has 0 aliphatic heterocycles. The Labute approximate surface area is 193 Å². The average Bonchev–Trinajstić information content (AvgIpc) is 3.10. The molecule has 8 heteroatoms. The van der Waals surface area contributed by atoms with Gasteiger partial charge in [-0.3, -0.25) is 9.59 Å². The zero-order chi connectivity index (χ0) is 24.0. The van der Waals surface area contributed by atoms with Gasteiger partial charge in [-0.25, -0.2) is 4.79 Å². The van der Waals surface area contributed by atoms with Crippen LogP contribution in [0.1, 0.15) is 43.7 Å². The van der Waals surface area contributed by atoms with Crippen molar-refractivity contribution in [3.8, 4) is 11.1 Å². The van der Waals surface area contributed by atoms with Crippen molar-refractivity contribution in [2.75, 3.05) is 20.3 Å². The second kappa shape index (κ2) is 10.5. The Bertz CT molecular complexity index is 978. The molecule has 2 aromatic rings. The van der Waals surface area contributed by atoms with Gasteiger partial charge in [0.25, 0.3) is 0 Å². The van der Waals surface area contributed by atoms with Gasteiger partial charge in [-0.1, -0.05) is 55.5 Å². The number of fused-ring (bicyclic) bond motifs is 3. The molecule has 0 aromatic heterocycles. The standard InChI is InChI=1S/C25H30N2O6/c1-4-25(15-32-3,23(30)26-16(2)13-22(28)29)27-24(31)33-14-21-19-11-7-5-9-17(19)18-10-6-8-12-20(18)21/h5-12,16,21H,4,13-15H2,1-3H3,(H,26,30)(H,27,31)(H,28,29)/t16-,25?/m1/s1. The monoisotopic (exact) mass is 454 g/mol. The third-order valence-electron chi connectivity index (χ3n) is 5.97. The second-order valence-electron chi connectivity index (χ2n) is 8.29. The highest BCUT2D eigenvalue weighted by Gasteiger charge is 2.40. The van der Waals surface area contributed by atoms with Crippen LogP contribution < -0.4 is 10.6 Å². The van der Waals surface area contributed by atoms with Gasteiger partial charge in [0.1, 0.15) is 12.1 Å². The highest BCUT2D eigenvalue weighted by Crippen LogP contribution is 2.44. The van der Waals surface area contributed by atoms with E-state index in [1.165, 1.54) is 7.11 Å². The highest BCUT2D eigenvalue weighted by molar-refractivity contribution is 5.90. The van der Waals surface area contributed by atoms with Crippen LogP contribution in [0.2, 0.25) is 0 Å². The number of amides is 2. The van der Waals surface area contributed by atoms with Crippen LogP contribution in [0.15, 0.2) is 48.5 Å². The molecule has 3 N–H and O–H groups in total. The van der Waals surface area contributed by atoms with Crippen molar-refractivity contribution in [2.45, 2.75) is 44.2 Å². The van der Waals surface area contributed by atoms with Gasteiger partial charge >= 0.3 is 12.1 Å². The molecule has 0 spiro atoms. The molecular weight excluding hydrogens is 424 g/mol. The van der Waals surface area contributed by atoms with E-state index in [0.29, 0.717) is 0 Å². The summed E-state index contributed by atoms with van der Waals surface area (Å²) in [6, 6.07) is 15.4. The van der Waals surface area contributed by atoms with Gasteiger partial charge in [0, 0.05) is 19.1 Å². The SMILES string of the molecule is CCC(COC)(NC(=O)OCC1c2ccccc2-c2ccccc21)C(=O)N[C@H](C)CC(=O)O. The van der Waals surface area contributed by atoms with Gasteiger partial charge in [0.2, 0.25) is 5.91 Å². The fourth-order valence-corrected chi connectivity index (χ4v) is 4.26. The van der Waals surface area contributed by atoms with E-state index in [1.807, 2.05) is 36.4 Å². The summed E-state index contributed by atoms with van der Waals surface area (Å²) >= 11 is 0. The minimum atomic E-state index is -1.38. The van der Waals surface area contributed by atoms with Gasteiger partial charge < -0.3 is 25.2 Å². The van der Waals surface area contributed by atoms with Gasteiger partial charge in [-0.15, -0.1) is 0 Å². The Balaban J connectivity index is 1.71. The van der Waals surface area contributed by atoms with Crippen molar-refractivity contribution < 1.29 is 29.0 Å². The van der Waals surface area contributed by atoms with Gasteiger partial charge in [-0.05, 0) is 35.6 Å². The van der Waals surface area contributed by atoms with Crippen LogP contribution in [0.5, 0.6) is 0 Å². The predicted molar refractivity (Wildman–Crippen MR) is 123 cm³/mol. The summed E-state index contributed by atoms with van der Waals surface area (Å²) in [5.41, 5.74) is 3.03. The summed E-state index contributed by atoms with van der Waals surface area (Å²) in [7, 11) is 1.43. The lowest BCUT2D eigenvalue weighted by molar-refractivity contribution is -0.138. The molecule has 176 valence electrons. The first-order valence-electron chi connectivity index (χ1n) is 11.0. The fourth-order valence-electron chi connectivity index (χ4n) is 4.26. The Hall–Kier alpha value is -3.39. The van der Waals surface area contributed by atoms with E-state index in [0.717, 1.165) is 22.3 Å². The van der Waals surface area contributed by atoms with Gasteiger partial charge in [-0.2, -0.15) is 0 Å². The quantitative estimate of drug-likeness (QED) is 0.508. The van der Waals surface area contributed by atoms with Gasteiger partial charge in [0.15, 0.2) is 0 Å². The van der Waals surface area contributed by atoms with Crippen LogP contribution in [0.4, 0.5) is 4.79 Å². The van der Waals surface area contributed by atoms with Crippen LogP contribution in [0, 0.1) is 0 Å². The van der Waals surface area contributed by atoms with Crippen LogP contribution in [0.25, 0.3) is 11.1 Å². The van der Waals surface area contributed by atoms with E-state index in [1.54, 1.807) is 13.8 Å². The van der Waals surface area contributed by atoms with Crippen LogP contribution in [-0.4, -0.2) is 55.0 Å². The maximum Gasteiger partial charge on any atom is 0.408 e. The Morgan fingerprint density at radius 3 is 2.15 bits per heavy atom. The maximum absolute atomic E-state index is 12.9. The number of ether oxygens (including phenoxy) is 2. The number of alkyl carbamates (subject to hydrolysis) is 1.